The smallest absolute Gasteiger partial charge is 0.312 e. The second-order valence-corrected chi connectivity index (χ2v) is 18.0. The predicted octanol–water partition coefficient (Wildman–Crippen LogP) is 6.56. The first-order valence-corrected chi connectivity index (χ1v) is 22.6. The van der Waals surface area contributed by atoms with Gasteiger partial charge in [0.05, 0.1) is 42.1 Å². The monoisotopic (exact) mass is 950 g/mol. The summed E-state index contributed by atoms with van der Waals surface area (Å²) in [5.41, 5.74) is -1.78. The third kappa shape index (κ3) is 9.56. The number of aliphatic hydroxyl groups is 2. The Balaban J connectivity index is 1.40. The molecule has 0 fully saturated rings. The molecule has 1 amide bonds. The minimum absolute atomic E-state index is 0.00404. The van der Waals surface area contributed by atoms with E-state index in [0.717, 1.165) is 5.82 Å². The van der Waals surface area contributed by atoms with Crippen LogP contribution in [-0.4, -0.2) is 106 Å². The Morgan fingerprint density at radius 1 is 0.986 bits per heavy atom. The third-order valence-corrected chi connectivity index (χ3v) is 13.1. The van der Waals surface area contributed by atoms with Crippen LogP contribution in [0.25, 0.3) is 33.3 Å². The van der Waals surface area contributed by atoms with Gasteiger partial charge in [-0.25, -0.2) is 9.97 Å². The lowest BCUT2D eigenvalue weighted by molar-refractivity contribution is -0.160. The van der Waals surface area contributed by atoms with Gasteiger partial charge in [-0.1, -0.05) is 52.0 Å². The summed E-state index contributed by atoms with van der Waals surface area (Å²) < 4.78 is 36.2. The number of ether oxygens (including phenoxy) is 5. The van der Waals surface area contributed by atoms with E-state index in [1.165, 1.54) is 65.4 Å². The van der Waals surface area contributed by atoms with Crippen LogP contribution in [0.1, 0.15) is 64.4 Å². The molecule has 9 atom stereocenters. The summed E-state index contributed by atoms with van der Waals surface area (Å²) in [7, 11) is 3.27. The summed E-state index contributed by atoms with van der Waals surface area (Å²) in [5.74, 6) is -7.34. The Morgan fingerprint density at radius 2 is 1.72 bits per heavy atom. The highest BCUT2D eigenvalue weighted by Gasteiger charge is 2.50. The topological polar surface area (TPSA) is 250 Å². The number of allylic oxidation sites excluding steroid dienone is 2. The summed E-state index contributed by atoms with van der Waals surface area (Å²) in [6, 6.07) is 8.31. The number of aromatic hydroxyl groups is 2. The fourth-order valence-corrected chi connectivity index (χ4v) is 8.94. The number of rotatable bonds is 7. The average molecular weight is 951 g/mol. The van der Waals surface area contributed by atoms with Crippen molar-refractivity contribution in [2.45, 2.75) is 85.6 Å². The van der Waals surface area contributed by atoms with E-state index in [1.807, 2.05) is 30.1 Å². The molecule has 0 spiro atoms. The first-order chi connectivity index (χ1) is 32.7. The van der Waals surface area contributed by atoms with Gasteiger partial charge in [0.15, 0.2) is 11.3 Å². The molecule has 2 aromatic carbocycles. The van der Waals surface area contributed by atoms with Gasteiger partial charge in [0.25, 0.3) is 11.7 Å². The average Bonchev–Trinajstić information content (AvgIpc) is 3.59. The number of phenols is 2. The van der Waals surface area contributed by atoms with Crippen LogP contribution in [0.2, 0.25) is 0 Å². The maximum atomic E-state index is 14.8. The highest BCUT2D eigenvalue weighted by molar-refractivity contribution is 6.22. The molecule has 4 heterocycles. The van der Waals surface area contributed by atoms with Gasteiger partial charge in [-0.3, -0.25) is 19.2 Å². The first-order valence-electron chi connectivity index (χ1n) is 22.6. The standard InChI is InChI=1S/C51H58N4O14/c1-24-14-13-15-25(2)50(63)54-41-45(61)37-36(40-48(41)68-34-23-31(22-32(57)39(34)53-40)65-21-19-55(9)35-16-11-12-18-52-35)38-47(29(6)44(37)60)69-51(8,49(38)62)66-20-17-33(64-10)26(3)46(67-30(7)56)28(5)43(59)27(4)42(24)58/h11-18,20,22-24,26-28,33,42-43,46,57-60H,19,21H2,1-10H3,(H,54,63)/b14-13+,20-17+,25-15-/t24-,26+,27+,28+,33-,42-,43+,46+,51-/m0/s1. The minimum atomic E-state index is -2.11. The molecule has 18 nitrogen and oxygen atoms in total. The Bertz CT molecular complexity index is 2910. The highest BCUT2D eigenvalue weighted by Crippen LogP contribution is 2.51. The van der Waals surface area contributed by atoms with Crippen molar-refractivity contribution in [1.29, 1.82) is 0 Å². The lowest BCUT2D eigenvalue weighted by Crippen LogP contribution is -2.46. The van der Waals surface area contributed by atoms with Crippen LogP contribution in [0.4, 0.5) is 11.5 Å². The van der Waals surface area contributed by atoms with E-state index in [4.69, 9.17) is 33.1 Å². The van der Waals surface area contributed by atoms with E-state index in [0.29, 0.717) is 6.54 Å². The Labute approximate surface area is 398 Å². The van der Waals surface area contributed by atoms with Crippen molar-refractivity contribution in [3.05, 3.63) is 94.0 Å². The number of Topliss-reactive ketones (excluding diaryl/α,β-unsaturated/α-hetero) is 1. The zero-order valence-corrected chi connectivity index (χ0v) is 40.1. The number of esters is 1. The number of methoxy groups -OCH3 is 1. The van der Waals surface area contributed by atoms with Crippen LogP contribution in [0.3, 0.4) is 0 Å². The van der Waals surface area contributed by atoms with Crippen LogP contribution in [-0.2, 0) is 23.8 Å². The Kier molecular flexibility index (Phi) is 14.4. The SMILES string of the molecule is CO[C@H]1/C=C/O[C@@]2(C)Oc3c(C)c(O)c4c(=O)c(c5oc6cc(OCCN(C)c7ccccn7)cc(O)c6nc-5c4c3C2=O)NC(=O)/C(C)=C\C=C\[C@H](C)[C@H](O)[C@@H](C)[C@@H](O)[C@@H](C)[C@H](OC(C)=O)[C@@H]1C. The number of aliphatic hydroxyl groups excluding tert-OH is 2. The van der Waals surface area contributed by atoms with Gasteiger partial charge in [-0.05, 0) is 32.1 Å². The molecule has 4 aliphatic rings. The van der Waals surface area contributed by atoms with Crippen molar-refractivity contribution in [3.8, 4) is 34.5 Å². The molecule has 69 heavy (non-hydrogen) atoms. The second kappa shape index (κ2) is 19.9. The summed E-state index contributed by atoms with van der Waals surface area (Å²) in [4.78, 5) is 67.0. The fraction of sp³-hybridized carbons (Fsp3) is 0.412. The second-order valence-electron chi connectivity index (χ2n) is 18.0. The molecule has 366 valence electrons. The molecule has 3 aromatic rings. The molecule has 1 aromatic heterocycles. The number of hydrogen-bond donors (Lipinski definition) is 5. The molecule has 0 radical (unpaired) electrons. The number of carbonyl (C=O) groups is 3. The van der Waals surface area contributed by atoms with Crippen LogP contribution < -0.4 is 25.1 Å². The number of pyridine rings is 1. The van der Waals surface area contributed by atoms with E-state index in [-0.39, 0.29) is 68.5 Å². The number of phenolic OH excluding ortho intramolecular Hbond substituents is 2. The van der Waals surface area contributed by atoms with Gasteiger partial charge in [0.2, 0.25) is 5.43 Å². The number of amides is 1. The molecule has 3 aliphatic heterocycles. The third-order valence-electron chi connectivity index (χ3n) is 13.1. The van der Waals surface area contributed by atoms with Gasteiger partial charge < -0.3 is 58.7 Å². The van der Waals surface area contributed by atoms with Crippen molar-refractivity contribution in [2.24, 2.45) is 23.7 Å². The van der Waals surface area contributed by atoms with Crippen LogP contribution >= 0.6 is 0 Å². The highest BCUT2D eigenvalue weighted by atomic mass is 16.7. The number of carbonyl (C=O) groups excluding carboxylic acids is 3. The maximum Gasteiger partial charge on any atom is 0.312 e. The number of nitrogens with zero attached hydrogens (tertiary/aromatic N) is 3. The molecule has 18 heteroatoms. The van der Waals surface area contributed by atoms with E-state index in [9.17, 15) is 39.6 Å². The van der Waals surface area contributed by atoms with Crippen LogP contribution in [0.15, 0.2) is 81.9 Å². The first kappa shape index (κ1) is 49.9. The fourth-order valence-electron chi connectivity index (χ4n) is 8.94. The van der Waals surface area contributed by atoms with Gasteiger partial charge in [0, 0.05) is 86.5 Å². The lowest BCUT2D eigenvalue weighted by atomic mass is 9.78. The molecule has 4 bridgehead atoms. The number of ketones is 1. The summed E-state index contributed by atoms with van der Waals surface area (Å²) >= 11 is 0. The van der Waals surface area contributed by atoms with Crippen LogP contribution in [0, 0.1) is 30.6 Å². The van der Waals surface area contributed by atoms with Crippen LogP contribution in [0.5, 0.6) is 23.0 Å². The number of hydrogen-bond acceptors (Lipinski definition) is 17. The molecule has 5 N–H and O–H groups in total. The Morgan fingerprint density at radius 3 is 2.41 bits per heavy atom. The number of nitrogens with one attached hydrogen (secondary N) is 1. The van der Waals surface area contributed by atoms with Crippen molar-refractivity contribution in [3.63, 3.8) is 0 Å². The lowest BCUT2D eigenvalue weighted by Gasteiger charge is -2.38. The van der Waals surface area contributed by atoms with E-state index in [1.54, 1.807) is 46.0 Å². The van der Waals surface area contributed by atoms with Gasteiger partial charge in [-0.15, -0.1) is 0 Å². The molecular formula is C51H58N4O14. The predicted molar refractivity (Wildman–Crippen MR) is 256 cm³/mol. The molecular weight excluding hydrogens is 893 g/mol. The zero-order valence-electron chi connectivity index (χ0n) is 40.1. The number of aromatic nitrogens is 2. The number of benzene rings is 3. The van der Waals surface area contributed by atoms with E-state index < -0.39 is 93.8 Å². The molecule has 1 aliphatic carbocycles. The van der Waals surface area contributed by atoms with E-state index in [2.05, 4.69) is 10.3 Å². The van der Waals surface area contributed by atoms with Gasteiger partial charge in [0.1, 0.15) is 58.4 Å². The molecule has 0 saturated heterocycles. The normalized spacial score (nSPS) is 27.3. The largest absolute Gasteiger partial charge is 0.507 e. The number of fused-ring (bicyclic) bond motifs is 2. The number of likely N-dealkylation sites (N-methyl/N-ethyl adjacent to an activating group) is 1. The van der Waals surface area contributed by atoms with Crippen molar-refractivity contribution in [1.82, 2.24) is 9.97 Å². The van der Waals surface area contributed by atoms with Gasteiger partial charge >= 0.3 is 11.8 Å². The Hall–Kier alpha value is -7.02. The molecule has 0 saturated carbocycles. The quantitative estimate of drug-likeness (QED) is 0.0658. The molecule has 0 unspecified atom stereocenters. The molecule has 7 rings (SSSR count). The summed E-state index contributed by atoms with van der Waals surface area (Å²) in [6.07, 6.45) is 5.00. The summed E-state index contributed by atoms with van der Waals surface area (Å²) in [5, 5.41) is 48.4. The van der Waals surface area contributed by atoms with Crippen molar-refractivity contribution in [2.75, 3.05) is 37.5 Å². The summed E-state index contributed by atoms with van der Waals surface area (Å²) in [6.45, 7) is 13.0. The number of anilines is 2. The maximum absolute atomic E-state index is 14.8. The van der Waals surface area contributed by atoms with E-state index >= 15 is 0 Å². The van der Waals surface area contributed by atoms with Crippen molar-refractivity contribution >= 4 is 51.0 Å². The zero-order chi connectivity index (χ0) is 50.2. The van der Waals surface area contributed by atoms with Crippen molar-refractivity contribution < 1.29 is 62.9 Å². The minimum Gasteiger partial charge on any atom is -0.507 e. The van der Waals surface area contributed by atoms with Gasteiger partial charge in [-0.2, -0.15) is 0 Å².